The fourth-order valence-electron chi connectivity index (χ4n) is 3.86. The average molecular weight is 345 g/mol. The number of carbonyl (C=O) groups excluding carboxylic acids is 1. The molecule has 1 fully saturated rings. The third kappa shape index (κ3) is 4.13. The molecule has 1 aliphatic carbocycles. The van der Waals surface area contributed by atoms with Crippen molar-refractivity contribution in [3.8, 4) is 0 Å². The van der Waals surface area contributed by atoms with Gasteiger partial charge in [0, 0.05) is 30.8 Å². The minimum Gasteiger partial charge on any atom is -0.349 e. The van der Waals surface area contributed by atoms with Crippen LogP contribution in [-0.4, -0.2) is 29.0 Å². The molecule has 1 unspecified atom stereocenters. The molecule has 0 spiro atoms. The first-order valence-electron chi connectivity index (χ1n) is 9.66. The second kappa shape index (κ2) is 6.93. The zero-order valence-electron chi connectivity index (χ0n) is 16.3. The summed E-state index contributed by atoms with van der Waals surface area (Å²) in [6.45, 7) is 12.8. The molecular weight excluding hydrogens is 312 g/mol. The highest BCUT2D eigenvalue weighted by Crippen LogP contribution is 2.40. The van der Waals surface area contributed by atoms with E-state index >= 15 is 0 Å². The zero-order valence-corrected chi connectivity index (χ0v) is 16.3. The zero-order chi connectivity index (χ0) is 18.2. The molecule has 5 heteroatoms. The van der Waals surface area contributed by atoms with Gasteiger partial charge in [0.15, 0.2) is 0 Å². The molecule has 0 radical (unpaired) electrons. The van der Waals surface area contributed by atoms with Crippen LogP contribution in [0.15, 0.2) is 6.20 Å². The summed E-state index contributed by atoms with van der Waals surface area (Å²) in [7, 11) is 0. The van der Waals surface area contributed by atoms with Crippen LogP contribution >= 0.6 is 0 Å². The normalized spacial score (nSPS) is 23.4. The highest BCUT2D eigenvalue weighted by atomic mass is 16.1. The molecule has 1 aliphatic heterocycles. The van der Waals surface area contributed by atoms with Crippen molar-refractivity contribution in [3.63, 3.8) is 0 Å². The number of amides is 1. The largest absolute Gasteiger partial charge is 0.349 e. The van der Waals surface area contributed by atoms with E-state index < -0.39 is 0 Å². The maximum Gasteiger partial charge on any atom is 0.225 e. The van der Waals surface area contributed by atoms with Crippen LogP contribution in [0.25, 0.3) is 0 Å². The molecule has 0 aromatic carbocycles. The van der Waals surface area contributed by atoms with E-state index in [-0.39, 0.29) is 23.3 Å². The number of rotatable bonds is 3. The van der Waals surface area contributed by atoms with Gasteiger partial charge in [-0.3, -0.25) is 4.79 Å². The van der Waals surface area contributed by atoms with Crippen LogP contribution in [0.4, 0.5) is 5.95 Å². The summed E-state index contributed by atoms with van der Waals surface area (Å²) < 4.78 is 0. The van der Waals surface area contributed by atoms with Crippen LogP contribution in [-0.2, 0) is 11.2 Å². The van der Waals surface area contributed by atoms with Crippen LogP contribution in [0.3, 0.4) is 0 Å². The molecule has 2 aliphatic rings. The second-order valence-corrected chi connectivity index (χ2v) is 9.00. The molecule has 1 atom stereocenters. The molecule has 3 rings (SSSR count). The SMILES string of the molecule is CC1CCN(c2ncc3c(n2)CC(C)(C)CC3NC(=O)C(C)C)CC1. The van der Waals surface area contributed by atoms with Gasteiger partial charge in [0.25, 0.3) is 0 Å². The first-order chi connectivity index (χ1) is 11.7. The molecule has 0 saturated carbocycles. The third-order valence-electron chi connectivity index (χ3n) is 5.57. The van der Waals surface area contributed by atoms with Crippen molar-refractivity contribution >= 4 is 11.9 Å². The topological polar surface area (TPSA) is 58.1 Å². The summed E-state index contributed by atoms with van der Waals surface area (Å²) in [5, 5.41) is 3.20. The number of nitrogens with one attached hydrogen (secondary N) is 1. The Bertz CT molecular complexity index is 633. The van der Waals surface area contributed by atoms with E-state index in [1.165, 1.54) is 12.8 Å². The molecule has 2 heterocycles. The molecule has 5 nitrogen and oxygen atoms in total. The number of nitrogens with zero attached hydrogens (tertiary/aromatic N) is 3. The number of fused-ring (bicyclic) bond motifs is 1. The van der Waals surface area contributed by atoms with Crippen molar-refractivity contribution in [1.82, 2.24) is 15.3 Å². The van der Waals surface area contributed by atoms with Gasteiger partial charge in [-0.05, 0) is 37.0 Å². The van der Waals surface area contributed by atoms with Crippen LogP contribution in [0.1, 0.15) is 71.2 Å². The molecule has 138 valence electrons. The quantitative estimate of drug-likeness (QED) is 0.912. The lowest BCUT2D eigenvalue weighted by molar-refractivity contribution is -0.125. The predicted octanol–water partition coefficient (Wildman–Crippen LogP) is 3.50. The Hall–Kier alpha value is -1.65. The number of hydrogen-bond donors (Lipinski definition) is 1. The molecule has 1 aromatic rings. The number of aromatic nitrogens is 2. The first-order valence-corrected chi connectivity index (χ1v) is 9.66. The summed E-state index contributed by atoms with van der Waals surface area (Å²) in [6.07, 6.45) is 6.24. The fraction of sp³-hybridized carbons (Fsp3) is 0.750. The van der Waals surface area contributed by atoms with Gasteiger partial charge >= 0.3 is 0 Å². The van der Waals surface area contributed by atoms with Crippen LogP contribution in [0, 0.1) is 17.3 Å². The Balaban J connectivity index is 1.85. The number of piperidine rings is 1. The number of carbonyl (C=O) groups is 1. The molecule has 25 heavy (non-hydrogen) atoms. The molecule has 1 saturated heterocycles. The maximum atomic E-state index is 12.2. The van der Waals surface area contributed by atoms with E-state index in [1.54, 1.807) is 0 Å². The van der Waals surface area contributed by atoms with Gasteiger partial charge in [0.1, 0.15) is 0 Å². The van der Waals surface area contributed by atoms with Crippen LogP contribution in [0.5, 0.6) is 0 Å². The van der Waals surface area contributed by atoms with E-state index in [0.717, 1.165) is 49.1 Å². The van der Waals surface area contributed by atoms with E-state index in [4.69, 9.17) is 4.98 Å². The standard InChI is InChI=1S/C20H32N4O/c1-13(2)18(25)22-16-10-20(4,5)11-17-15(16)12-21-19(23-17)24-8-6-14(3)7-9-24/h12-14,16H,6-11H2,1-5H3,(H,22,25). The van der Waals surface area contributed by atoms with Gasteiger partial charge in [-0.1, -0.05) is 34.6 Å². The van der Waals surface area contributed by atoms with Gasteiger partial charge in [-0.25, -0.2) is 9.97 Å². The maximum absolute atomic E-state index is 12.2. The monoisotopic (exact) mass is 344 g/mol. The Labute approximate surface area is 151 Å². The van der Waals surface area contributed by atoms with Crippen molar-refractivity contribution < 1.29 is 4.79 Å². The second-order valence-electron chi connectivity index (χ2n) is 9.00. The summed E-state index contributed by atoms with van der Waals surface area (Å²) >= 11 is 0. The average Bonchev–Trinajstić information content (AvgIpc) is 2.53. The molecule has 1 aromatic heterocycles. The smallest absolute Gasteiger partial charge is 0.225 e. The van der Waals surface area contributed by atoms with Gasteiger partial charge in [0.05, 0.1) is 11.7 Å². The third-order valence-corrected chi connectivity index (χ3v) is 5.57. The summed E-state index contributed by atoms with van der Waals surface area (Å²) in [5.74, 6) is 1.74. The first kappa shape index (κ1) is 18.2. The van der Waals surface area contributed by atoms with Gasteiger partial charge < -0.3 is 10.2 Å². The molecule has 0 bridgehead atoms. The van der Waals surface area contributed by atoms with Crippen molar-refractivity contribution in [2.75, 3.05) is 18.0 Å². The summed E-state index contributed by atoms with van der Waals surface area (Å²) in [4.78, 5) is 24.1. The Kier molecular flexibility index (Phi) is 5.03. The molecule has 1 amide bonds. The van der Waals surface area contributed by atoms with E-state index in [0.29, 0.717) is 0 Å². The number of hydrogen-bond acceptors (Lipinski definition) is 4. The molecule has 1 N–H and O–H groups in total. The minimum atomic E-state index is -0.0102. The highest BCUT2D eigenvalue weighted by Gasteiger charge is 2.35. The lowest BCUT2D eigenvalue weighted by Gasteiger charge is -2.37. The van der Waals surface area contributed by atoms with E-state index in [9.17, 15) is 4.79 Å². The highest BCUT2D eigenvalue weighted by molar-refractivity contribution is 5.78. The Morgan fingerprint density at radius 3 is 2.64 bits per heavy atom. The van der Waals surface area contributed by atoms with Crippen LogP contribution < -0.4 is 10.2 Å². The van der Waals surface area contributed by atoms with Gasteiger partial charge in [-0.15, -0.1) is 0 Å². The van der Waals surface area contributed by atoms with E-state index in [2.05, 4.69) is 36.0 Å². The van der Waals surface area contributed by atoms with Crippen molar-refractivity contribution in [2.45, 2.75) is 66.3 Å². The van der Waals surface area contributed by atoms with E-state index in [1.807, 2.05) is 20.0 Å². The number of anilines is 1. The summed E-state index contributed by atoms with van der Waals surface area (Å²) in [5.41, 5.74) is 2.33. The van der Waals surface area contributed by atoms with Crippen molar-refractivity contribution in [1.29, 1.82) is 0 Å². The predicted molar refractivity (Wildman–Crippen MR) is 100 cm³/mol. The lowest BCUT2D eigenvalue weighted by Crippen LogP contribution is -2.39. The fourth-order valence-corrected chi connectivity index (χ4v) is 3.86. The van der Waals surface area contributed by atoms with Gasteiger partial charge in [0.2, 0.25) is 11.9 Å². The Morgan fingerprint density at radius 1 is 1.32 bits per heavy atom. The summed E-state index contributed by atoms with van der Waals surface area (Å²) in [6, 6.07) is 0.0177. The minimum absolute atomic E-state index is 0.0102. The van der Waals surface area contributed by atoms with Crippen LogP contribution in [0.2, 0.25) is 0 Å². The van der Waals surface area contributed by atoms with Gasteiger partial charge in [-0.2, -0.15) is 0 Å². The van der Waals surface area contributed by atoms with Crippen molar-refractivity contribution in [3.05, 3.63) is 17.5 Å². The Morgan fingerprint density at radius 2 is 2.00 bits per heavy atom. The lowest BCUT2D eigenvalue weighted by atomic mass is 9.74. The molecular formula is C20H32N4O. The van der Waals surface area contributed by atoms with Crippen molar-refractivity contribution in [2.24, 2.45) is 17.3 Å².